The number of nitrogens with zero attached hydrogens (tertiary/aromatic N) is 2. The fourth-order valence-corrected chi connectivity index (χ4v) is 2.22. The summed E-state index contributed by atoms with van der Waals surface area (Å²) in [6.45, 7) is 0. The molecular weight excluding hydrogens is 314 g/mol. The fourth-order valence-electron chi connectivity index (χ4n) is 2.22. The molecule has 3 aromatic rings. The lowest BCUT2D eigenvalue weighted by atomic mass is 10.1. The van der Waals surface area contributed by atoms with Crippen LogP contribution in [-0.4, -0.2) is 17.1 Å². The van der Waals surface area contributed by atoms with E-state index in [2.05, 4.69) is 15.3 Å². The molecule has 0 aliphatic carbocycles. The van der Waals surface area contributed by atoms with Gasteiger partial charge in [-0.25, -0.2) is 18.7 Å². The smallest absolute Gasteiger partial charge is 0.146 e. The number of ether oxygens (including phenoxy) is 1. The predicted octanol–water partition coefficient (Wildman–Crippen LogP) is 3.76. The van der Waals surface area contributed by atoms with Gasteiger partial charge in [0.15, 0.2) is 0 Å². The molecule has 5 nitrogen and oxygen atoms in total. The largest absolute Gasteiger partial charge is 0.496 e. The molecule has 0 atom stereocenters. The summed E-state index contributed by atoms with van der Waals surface area (Å²) in [6, 6.07) is 10.1. The van der Waals surface area contributed by atoms with E-state index in [0.29, 0.717) is 28.5 Å². The molecule has 24 heavy (non-hydrogen) atoms. The highest BCUT2D eigenvalue weighted by Crippen LogP contribution is 2.30. The average molecular weight is 328 g/mol. The lowest BCUT2D eigenvalue weighted by Crippen LogP contribution is -1.98. The Hall–Kier alpha value is -3.22. The maximum atomic E-state index is 13.3. The second-order valence-corrected chi connectivity index (χ2v) is 4.99. The number of hydrogen-bond acceptors (Lipinski definition) is 5. The van der Waals surface area contributed by atoms with Crippen molar-refractivity contribution < 1.29 is 13.5 Å². The molecule has 0 saturated heterocycles. The SMILES string of the molecule is COc1cc(F)ccc1-c1cc(Nc2ccc(F)c(N)c2)ncn1. The van der Waals surface area contributed by atoms with Gasteiger partial charge in [0.1, 0.15) is 29.5 Å². The third-order valence-corrected chi connectivity index (χ3v) is 3.38. The molecule has 3 N–H and O–H groups in total. The third-order valence-electron chi connectivity index (χ3n) is 3.38. The highest BCUT2D eigenvalue weighted by atomic mass is 19.1. The van der Waals surface area contributed by atoms with Crippen molar-refractivity contribution in [1.29, 1.82) is 0 Å². The number of nitrogens with two attached hydrogens (primary N) is 1. The number of anilines is 3. The Bertz CT molecular complexity index is 886. The van der Waals surface area contributed by atoms with Crippen LogP contribution in [0.3, 0.4) is 0 Å². The van der Waals surface area contributed by atoms with Crippen molar-refractivity contribution in [2.24, 2.45) is 0 Å². The van der Waals surface area contributed by atoms with Gasteiger partial charge in [0.25, 0.3) is 0 Å². The number of halogens is 2. The quantitative estimate of drug-likeness (QED) is 0.714. The normalized spacial score (nSPS) is 10.5. The Morgan fingerprint density at radius 1 is 1.04 bits per heavy atom. The monoisotopic (exact) mass is 328 g/mol. The van der Waals surface area contributed by atoms with Crippen LogP contribution in [0.15, 0.2) is 48.8 Å². The van der Waals surface area contributed by atoms with Gasteiger partial charge in [0.05, 0.1) is 18.5 Å². The van der Waals surface area contributed by atoms with E-state index in [1.54, 1.807) is 18.2 Å². The molecule has 0 aliphatic rings. The van der Waals surface area contributed by atoms with Gasteiger partial charge < -0.3 is 15.8 Å². The topological polar surface area (TPSA) is 73.1 Å². The van der Waals surface area contributed by atoms with Crippen molar-refractivity contribution in [2.75, 3.05) is 18.2 Å². The molecule has 0 radical (unpaired) electrons. The third kappa shape index (κ3) is 3.24. The molecule has 1 heterocycles. The van der Waals surface area contributed by atoms with Crippen LogP contribution in [0.25, 0.3) is 11.3 Å². The zero-order valence-electron chi connectivity index (χ0n) is 12.8. The van der Waals surface area contributed by atoms with Crippen LogP contribution in [0.4, 0.5) is 26.0 Å². The number of nitrogen functional groups attached to an aromatic ring is 1. The Balaban J connectivity index is 1.93. The first-order valence-electron chi connectivity index (χ1n) is 7.05. The van der Waals surface area contributed by atoms with Crippen molar-refractivity contribution in [3.05, 3.63) is 60.4 Å². The van der Waals surface area contributed by atoms with E-state index in [1.807, 2.05) is 0 Å². The van der Waals surface area contributed by atoms with Crippen LogP contribution in [0.2, 0.25) is 0 Å². The van der Waals surface area contributed by atoms with E-state index in [1.165, 1.54) is 37.7 Å². The summed E-state index contributed by atoms with van der Waals surface area (Å²) in [6.07, 6.45) is 1.37. The molecule has 2 aromatic carbocycles. The van der Waals surface area contributed by atoms with Crippen molar-refractivity contribution in [3.63, 3.8) is 0 Å². The Labute approximate surface area is 137 Å². The standard InChI is InChI=1S/C17H14F2N4O/c1-24-16-6-10(18)2-4-12(16)15-8-17(22-9-21-15)23-11-3-5-13(19)14(20)7-11/h2-9H,20H2,1H3,(H,21,22,23). The number of methoxy groups -OCH3 is 1. The van der Waals surface area contributed by atoms with E-state index >= 15 is 0 Å². The van der Waals surface area contributed by atoms with E-state index in [4.69, 9.17) is 10.5 Å². The zero-order valence-corrected chi connectivity index (χ0v) is 12.8. The first kappa shape index (κ1) is 15.7. The molecule has 0 aliphatic heterocycles. The lowest BCUT2D eigenvalue weighted by molar-refractivity contribution is 0.413. The summed E-state index contributed by atoms with van der Waals surface area (Å²) in [5, 5.41) is 3.02. The molecule has 0 saturated carbocycles. The summed E-state index contributed by atoms with van der Waals surface area (Å²) in [5.41, 5.74) is 7.35. The fraction of sp³-hybridized carbons (Fsp3) is 0.0588. The summed E-state index contributed by atoms with van der Waals surface area (Å²) in [5.74, 6) is -0.0344. The molecular formula is C17H14F2N4O. The van der Waals surface area contributed by atoms with Crippen molar-refractivity contribution in [2.45, 2.75) is 0 Å². The summed E-state index contributed by atoms with van der Waals surface area (Å²) < 4.78 is 31.7. The summed E-state index contributed by atoms with van der Waals surface area (Å²) >= 11 is 0. The minimum absolute atomic E-state index is 0.0366. The number of hydrogen-bond donors (Lipinski definition) is 2. The minimum atomic E-state index is -0.486. The molecule has 122 valence electrons. The van der Waals surface area contributed by atoms with Crippen molar-refractivity contribution in [3.8, 4) is 17.0 Å². The van der Waals surface area contributed by atoms with Gasteiger partial charge >= 0.3 is 0 Å². The van der Waals surface area contributed by atoms with Gasteiger partial charge in [-0.3, -0.25) is 0 Å². The van der Waals surface area contributed by atoms with E-state index in [-0.39, 0.29) is 5.69 Å². The lowest BCUT2D eigenvalue weighted by Gasteiger charge is -2.10. The molecule has 3 rings (SSSR count). The molecule has 1 aromatic heterocycles. The van der Waals surface area contributed by atoms with Gasteiger partial charge in [0, 0.05) is 23.4 Å². The molecule has 7 heteroatoms. The van der Waals surface area contributed by atoms with Crippen LogP contribution >= 0.6 is 0 Å². The Kier molecular flexibility index (Phi) is 4.24. The molecule has 0 amide bonds. The minimum Gasteiger partial charge on any atom is -0.496 e. The molecule has 0 spiro atoms. The van der Waals surface area contributed by atoms with Crippen LogP contribution in [0.1, 0.15) is 0 Å². The van der Waals surface area contributed by atoms with E-state index in [0.717, 1.165) is 0 Å². The maximum Gasteiger partial charge on any atom is 0.146 e. The summed E-state index contributed by atoms with van der Waals surface area (Å²) in [7, 11) is 1.46. The second kappa shape index (κ2) is 6.49. The number of rotatable bonds is 4. The first-order chi connectivity index (χ1) is 11.6. The summed E-state index contributed by atoms with van der Waals surface area (Å²) in [4.78, 5) is 8.30. The second-order valence-electron chi connectivity index (χ2n) is 4.99. The van der Waals surface area contributed by atoms with Gasteiger partial charge in [-0.05, 0) is 30.3 Å². The van der Waals surface area contributed by atoms with Crippen LogP contribution in [-0.2, 0) is 0 Å². The van der Waals surface area contributed by atoms with Gasteiger partial charge in [-0.15, -0.1) is 0 Å². The number of benzene rings is 2. The molecule has 0 bridgehead atoms. The highest BCUT2D eigenvalue weighted by Gasteiger charge is 2.10. The van der Waals surface area contributed by atoms with Crippen molar-refractivity contribution in [1.82, 2.24) is 9.97 Å². The van der Waals surface area contributed by atoms with Gasteiger partial charge in [-0.2, -0.15) is 0 Å². The predicted molar refractivity (Wildman–Crippen MR) is 88.1 cm³/mol. The number of nitrogens with one attached hydrogen (secondary N) is 1. The van der Waals surface area contributed by atoms with Gasteiger partial charge in [0.2, 0.25) is 0 Å². The highest BCUT2D eigenvalue weighted by molar-refractivity contribution is 5.71. The maximum absolute atomic E-state index is 13.3. The first-order valence-corrected chi connectivity index (χ1v) is 7.05. The molecule has 0 unspecified atom stereocenters. The zero-order chi connectivity index (χ0) is 17.1. The molecule has 0 fully saturated rings. The van der Waals surface area contributed by atoms with Crippen LogP contribution in [0, 0.1) is 11.6 Å². The van der Waals surface area contributed by atoms with E-state index < -0.39 is 11.6 Å². The van der Waals surface area contributed by atoms with Crippen LogP contribution < -0.4 is 15.8 Å². The van der Waals surface area contributed by atoms with Crippen molar-refractivity contribution >= 4 is 17.2 Å². The Morgan fingerprint density at radius 3 is 2.62 bits per heavy atom. The van der Waals surface area contributed by atoms with E-state index in [9.17, 15) is 8.78 Å². The van der Waals surface area contributed by atoms with Crippen LogP contribution in [0.5, 0.6) is 5.75 Å². The van der Waals surface area contributed by atoms with Gasteiger partial charge in [-0.1, -0.05) is 0 Å². The average Bonchev–Trinajstić information content (AvgIpc) is 2.58. The number of aromatic nitrogens is 2. The Morgan fingerprint density at radius 2 is 1.88 bits per heavy atom.